The van der Waals surface area contributed by atoms with Crippen LogP contribution < -0.4 is 5.32 Å². The molecule has 1 heterocycles. The molecule has 0 spiro atoms. The van der Waals surface area contributed by atoms with Crippen LogP contribution in [0, 0.1) is 12.3 Å². The number of aryl methyl sites for hydroxylation is 1. The summed E-state index contributed by atoms with van der Waals surface area (Å²) in [6, 6.07) is 1.71. The monoisotopic (exact) mass is 260 g/mol. The molecule has 102 valence electrons. The van der Waals surface area contributed by atoms with Crippen LogP contribution in [0.25, 0.3) is 0 Å². The lowest BCUT2D eigenvalue weighted by molar-refractivity contribution is 0.0910. The fraction of sp³-hybridized carbons (Fsp3) is 0.533. The molecule has 4 heteroatoms. The van der Waals surface area contributed by atoms with Crippen LogP contribution in [0.3, 0.4) is 0 Å². The summed E-state index contributed by atoms with van der Waals surface area (Å²) in [5.74, 6) is -0.0720. The van der Waals surface area contributed by atoms with E-state index in [1.165, 1.54) is 0 Å². The number of ketones is 1. The van der Waals surface area contributed by atoms with E-state index in [4.69, 9.17) is 0 Å². The van der Waals surface area contributed by atoms with Crippen molar-refractivity contribution in [3.63, 3.8) is 0 Å². The van der Waals surface area contributed by atoms with Gasteiger partial charge >= 0.3 is 0 Å². The SMILES string of the molecule is CCNC(=O)c1cc2c(nc1C)CC(C)(C)CC2=O. The lowest BCUT2D eigenvalue weighted by Gasteiger charge is -2.29. The maximum absolute atomic E-state index is 12.2. The molecule has 1 N–H and O–H groups in total. The zero-order chi connectivity index (χ0) is 14.2. The van der Waals surface area contributed by atoms with Gasteiger partial charge in [-0.15, -0.1) is 0 Å². The van der Waals surface area contributed by atoms with Crippen molar-refractivity contribution >= 4 is 11.7 Å². The second kappa shape index (κ2) is 4.76. The van der Waals surface area contributed by atoms with Crippen molar-refractivity contribution in [2.45, 2.75) is 40.5 Å². The second-order valence-corrected chi connectivity index (χ2v) is 5.92. The van der Waals surface area contributed by atoms with Gasteiger partial charge in [-0.25, -0.2) is 0 Å². The smallest absolute Gasteiger partial charge is 0.253 e. The number of aromatic nitrogens is 1. The van der Waals surface area contributed by atoms with Gasteiger partial charge < -0.3 is 5.32 Å². The molecule has 0 saturated carbocycles. The minimum atomic E-state index is -0.159. The maximum atomic E-state index is 12.2. The van der Waals surface area contributed by atoms with Crippen LogP contribution >= 0.6 is 0 Å². The van der Waals surface area contributed by atoms with Crippen molar-refractivity contribution in [1.82, 2.24) is 10.3 Å². The Bertz CT molecular complexity index is 547. The van der Waals surface area contributed by atoms with Crippen LogP contribution in [-0.4, -0.2) is 23.2 Å². The molecule has 0 saturated heterocycles. The number of fused-ring (bicyclic) bond motifs is 1. The molecule has 1 amide bonds. The number of rotatable bonds is 2. The van der Waals surface area contributed by atoms with E-state index in [1.807, 2.05) is 13.8 Å². The van der Waals surface area contributed by atoms with Gasteiger partial charge in [0.15, 0.2) is 5.78 Å². The van der Waals surface area contributed by atoms with E-state index in [1.54, 1.807) is 6.07 Å². The Hall–Kier alpha value is -1.71. The van der Waals surface area contributed by atoms with Gasteiger partial charge in [0.2, 0.25) is 0 Å². The summed E-state index contributed by atoms with van der Waals surface area (Å²) in [6.07, 6.45) is 1.30. The quantitative estimate of drug-likeness (QED) is 0.887. The van der Waals surface area contributed by atoms with Gasteiger partial charge in [-0.05, 0) is 31.7 Å². The van der Waals surface area contributed by atoms with E-state index in [0.717, 1.165) is 12.1 Å². The zero-order valence-electron chi connectivity index (χ0n) is 12.0. The van der Waals surface area contributed by atoms with E-state index < -0.39 is 0 Å². The Morgan fingerprint density at radius 1 is 1.42 bits per heavy atom. The summed E-state index contributed by atoms with van der Waals surface area (Å²) < 4.78 is 0. The molecular weight excluding hydrogens is 240 g/mol. The van der Waals surface area contributed by atoms with Gasteiger partial charge in [-0.3, -0.25) is 14.6 Å². The van der Waals surface area contributed by atoms with Gasteiger partial charge in [0.1, 0.15) is 0 Å². The Kier molecular flexibility index (Phi) is 3.43. The molecule has 0 aliphatic heterocycles. The van der Waals surface area contributed by atoms with Crippen LogP contribution in [0.15, 0.2) is 6.07 Å². The summed E-state index contributed by atoms with van der Waals surface area (Å²) in [4.78, 5) is 28.6. The Morgan fingerprint density at radius 2 is 2.11 bits per heavy atom. The van der Waals surface area contributed by atoms with Gasteiger partial charge in [0.05, 0.1) is 17.0 Å². The van der Waals surface area contributed by atoms with Gasteiger partial charge in [-0.2, -0.15) is 0 Å². The van der Waals surface area contributed by atoms with Crippen molar-refractivity contribution in [2.24, 2.45) is 5.41 Å². The third-order valence-corrected chi connectivity index (χ3v) is 3.46. The first-order chi connectivity index (χ1) is 8.84. The third kappa shape index (κ3) is 2.67. The summed E-state index contributed by atoms with van der Waals surface area (Å²) >= 11 is 0. The number of pyridine rings is 1. The molecule has 0 aromatic carbocycles. The summed E-state index contributed by atoms with van der Waals surface area (Å²) in [5.41, 5.74) is 2.60. The van der Waals surface area contributed by atoms with Crippen molar-refractivity contribution in [2.75, 3.05) is 6.54 Å². The first-order valence-electron chi connectivity index (χ1n) is 6.66. The van der Waals surface area contributed by atoms with Crippen molar-refractivity contribution in [1.29, 1.82) is 0 Å². The largest absolute Gasteiger partial charge is 0.352 e. The Morgan fingerprint density at radius 3 is 2.74 bits per heavy atom. The highest BCUT2D eigenvalue weighted by molar-refractivity contribution is 6.02. The highest BCUT2D eigenvalue weighted by Crippen LogP contribution is 2.34. The van der Waals surface area contributed by atoms with Crippen molar-refractivity contribution in [3.8, 4) is 0 Å². The van der Waals surface area contributed by atoms with Gasteiger partial charge in [0, 0.05) is 18.5 Å². The van der Waals surface area contributed by atoms with Crippen molar-refractivity contribution < 1.29 is 9.59 Å². The zero-order valence-corrected chi connectivity index (χ0v) is 12.0. The highest BCUT2D eigenvalue weighted by atomic mass is 16.1. The van der Waals surface area contributed by atoms with Crippen molar-refractivity contribution in [3.05, 3.63) is 28.6 Å². The number of hydrogen-bond donors (Lipinski definition) is 1. The predicted octanol–water partition coefficient (Wildman–Crippen LogP) is 2.29. The normalized spacial score (nSPS) is 16.9. The Labute approximate surface area is 113 Å². The minimum absolute atomic E-state index is 0.0449. The second-order valence-electron chi connectivity index (χ2n) is 5.92. The third-order valence-electron chi connectivity index (χ3n) is 3.46. The van der Waals surface area contributed by atoms with Crippen LogP contribution in [-0.2, 0) is 6.42 Å². The molecule has 4 nitrogen and oxygen atoms in total. The lowest BCUT2D eigenvalue weighted by atomic mass is 9.75. The number of hydrogen-bond acceptors (Lipinski definition) is 3. The molecule has 0 atom stereocenters. The molecule has 1 aliphatic rings. The van der Waals surface area contributed by atoms with E-state index >= 15 is 0 Å². The molecular formula is C15H20N2O2. The molecule has 0 unspecified atom stereocenters. The molecule has 2 rings (SSSR count). The highest BCUT2D eigenvalue weighted by Gasteiger charge is 2.32. The molecule has 0 fully saturated rings. The van der Waals surface area contributed by atoms with Crippen LogP contribution in [0.2, 0.25) is 0 Å². The van der Waals surface area contributed by atoms with Gasteiger partial charge in [-0.1, -0.05) is 13.8 Å². The molecule has 1 aromatic heterocycles. The van der Waals surface area contributed by atoms with E-state index in [-0.39, 0.29) is 17.1 Å². The molecule has 0 radical (unpaired) electrons. The summed E-state index contributed by atoms with van der Waals surface area (Å²) in [7, 11) is 0. The van der Waals surface area contributed by atoms with Crippen LogP contribution in [0.1, 0.15) is 59.3 Å². The summed E-state index contributed by atoms with van der Waals surface area (Å²) in [6.45, 7) is 8.39. The molecule has 19 heavy (non-hydrogen) atoms. The van der Waals surface area contributed by atoms with Crippen LogP contribution in [0.4, 0.5) is 0 Å². The van der Waals surface area contributed by atoms with E-state index in [0.29, 0.717) is 29.8 Å². The standard InChI is InChI=1S/C15H20N2O2/c1-5-16-14(19)10-6-11-12(17-9(10)2)7-15(3,4)8-13(11)18/h6H,5,7-8H2,1-4H3,(H,16,19). The number of amides is 1. The maximum Gasteiger partial charge on any atom is 0.253 e. The first kappa shape index (κ1) is 13.7. The average molecular weight is 260 g/mol. The summed E-state index contributed by atoms with van der Waals surface area (Å²) in [5, 5.41) is 2.75. The number of carbonyl (C=O) groups is 2. The molecule has 0 bridgehead atoms. The fourth-order valence-electron chi connectivity index (χ4n) is 2.56. The lowest BCUT2D eigenvalue weighted by Crippen LogP contribution is -2.30. The van der Waals surface area contributed by atoms with E-state index in [2.05, 4.69) is 24.1 Å². The molecule has 1 aromatic rings. The topological polar surface area (TPSA) is 59.1 Å². The fourth-order valence-corrected chi connectivity index (χ4v) is 2.56. The number of carbonyl (C=O) groups excluding carboxylic acids is 2. The number of Topliss-reactive ketones (excluding diaryl/α,β-unsaturated/α-hetero) is 1. The average Bonchev–Trinajstić information content (AvgIpc) is 2.26. The predicted molar refractivity (Wildman–Crippen MR) is 73.4 cm³/mol. The van der Waals surface area contributed by atoms with Crippen LogP contribution in [0.5, 0.6) is 0 Å². The molecule has 1 aliphatic carbocycles. The number of nitrogens with one attached hydrogen (secondary N) is 1. The number of nitrogens with zero attached hydrogens (tertiary/aromatic N) is 1. The first-order valence-corrected chi connectivity index (χ1v) is 6.66. The Balaban J connectivity index is 2.47. The van der Waals surface area contributed by atoms with E-state index in [9.17, 15) is 9.59 Å². The minimum Gasteiger partial charge on any atom is -0.352 e. The van der Waals surface area contributed by atoms with Gasteiger partial charge in [0.25, 0.3) is 5.91 Å².